The van der Waals surface area contributed by atoms with Crippen molar-refractivity contribution in [2.75, 3.05) is 158 Å². The average molecular weight is 1760 g/mol. The summed E-state index contributed by atoms with van der Waals surface area (Å²) < 4.78 is 81.6. The van der Waals surface area contributed by atoms with E-state index in [1.807, 2.05) is 56.4 Å². The number of anilines is 2. The number of esters is 1. The predicted molar refractivity (Wildman–Crippen MR) is 460 cm³/mol. The molecule has 1 aliphatic carbocycles. The van der Waals surface area contributed by atoms with Gasteiger partial charge < -0.3 is 119 Å². The zero-order chi connectivity index (χ0) is 90.2. The van der Waals surface area contributed by atoms with Crippen molar-refractivity contribution >= 4 is 81.1 Å². The number of oxazole rings is 1. The number of aryl methyl sites for hydroxylation is 1. The number of cyclic esters (lactones) is 1. The Balaban J connectivity index is 0.631. The summed E-state index contributed by atoms with van der Waals surface area (Å²) in [6.07, 6.45) is 9.90. The molecule has 2 bridgehead atoms. The van der Waals surface area contributed by atoms with E-state index in [4.69, 9.17) is 88.3 Å². The largest absolute Gasteiger partial charge is 0.459 e. The number of aliphatic hydroxyl groups excluding tert-OH is 2. The van der Waals surface area contributed by atoms with E-state index < -0.39 is 120 Å². The number of aliphatic hydroxyl groups is 3. The fourth-order valence-corrected chi connectivity index (χ4v) is 15.6. The van der Waals surface area contributed by atoms with E-state index in [2.05, 4.69) is 30.9 Å². The van der Waals surface area contributed by atoms with Gasteiger partial charge in [-0.15, -0.1) is 0 Å². The van der Waals surface area contributed by atoms with Crippen molar-refractivity contribution in [1.29, 1.82) is 0 Å². The number of unbranched alkanes of at least 4 members (excludes halogenated alkanes) is 1. The van der Waals surface area contributed by atoms with E-state index in [0.717, 1.165) is 28.9 Å². The molecular weight excluding hydrogens is 1630 g/mol. The van der Waals surface area contributed by atoms with E-state index in [1.54, 1.807) is 38.6 Å². The quantitative estimate of drug-likeness (QED) is 0.0111. The number of rotatable bonds is 42. The molecule has 4 amide bonds. The highest BCUT2D eigenvalue weighted by molar-refractivity contribution is 6.39. The average Bonchev–Trinajstić information content (AvgIpc) is 1.61. The number of nitrogen functional groups attached to an aromatic ring is 2. The molecule has 1 saturated carbocycles. The molecule has 3 fully saturated rings. The van der Waals surface area contributed by atoms with Gasteiger partial charge in [0.25, 0.3) is 17.7 Å². The Bertz CT molecular complexity index is 4180. The van der Waals surface area contributed by atoms with Gasteiger partial charge in [-0.3, -0.25) is 28.8 Å². The van der Waals surface area contributed by atoms with E-state index >= 15 is 0 Å². The number of carbonyl (C=O) groups is 8. The van der Waals surface area contributed by atoms with Gasteiger partial charge in [-0.1, -0.05) is 64.2 Å². The molecule has 3 aromatic heterocycles. The van der Waals surface area contributed by atoms with Crippen LogP contribution < -0.4 is 33.2 Å². The first kappa shape index (κ1) is 102. The van der Waals surface area contributed by atoms with Crippen LogP contribution in [0.3, 0.4) is 0 Å². The molecule has 3 aliphatic heterocycles. The zero-order valence-electron chi connectivity index (χ0n) is 73.8. The van der Waals surface area contributed by atoms with Crippen molar-refractivity contribution in [3.05, 3.63) is 72.1 Å². The summed E-state index contributed by atoms with van der Waals surface area (Å²) >= 11 is 0. The van der Waals surface area contributed by atoms with Crippen molar-refractivity contribution in [2.24, 2.45) is 35.3 Å². The molecule has 12 N–H and O–H groups in total. The second kappa shape index (κ2) is 53.9. The normalized spacial score (nSPS) is 25.9. The van der Waals surface area contributed by atoms with Crippen LogP contribution in [-0.2, 0) is 102 Å². The molecule has 0 radical (unpaired) electrons. The maximum Gasteiger partial charge on any atom is 0.407 e. The molecule has 37 nitrogen and oxygen atoms in total. The van der Waals surface area contributed by atoms with Crippen LogP contribution >= 0.6 is 0 Å². The number of benzene rings is 1. The summed E-state index contributed by atoms with van der Waals surface area (Å²) in [6.45, 7) is 16.7. The minimum absolute atomic E-state index is 0.00642. The van der Waals surface area contributed by atoms with Crippen LogP contribution in [0.2, 0.25) is 0 Å². The second-order valence-corrected chi connectivity index (χ2v) is 32.4. The number of aromatic nitrogens is 5. The Kier molecular flexibility index (Phi) is 43.8. The molecule has 37 heteroatoms. The minimum atomic E-state index is -2.51. The third-order valence-electron chi connectivity index (χ3n) is 22.8. The lowest BCUT2D eigenvalue weighted by atomic mass is 9.80. The number of allylic oxidation sites excluding steroid dienone is 6. The van der Waals surface area contributed by atoms with Crippen LogP contribution in [0, 0.1) is 29.6 Å². The van der Waals surface area contributed by atoms with Gasteiger partial charge in [-0.05, 0) is 132 Å². The lowest BCUT2D eigenvalue weighted by Gasteiger charge is -2.42. The van der Waals surface area contributed by atoms with E-state index in [9.17, 15) is 53.7 Å². The van der Waals surface area contributed by atoms with Crippen LogP contribution in [-0.4, -0.2) is 299 Å². The lowest BCUT2D eigenvalue weighted by molar-refractivity contribution is -0.265. The van der Waals surface area contributed by atoms with Gasteiger partial charge in [0.2, 0.25) is 17.6 Å². The highest BCUT2D eigenvalue weighted by atomic mass is 16.6. The number of hydrogen-bond donors (Lipinski definition) is 9. The lowest BCUT2D eigenvalue weighted by Crippen LogP contribution is -2.61. The molecule has 8 rings (SSSR count). The zero-order valence-corrected chi connectivity index (χ0v) is 73.8. The van der Waals surface area contributed by atoms with Crippen LogP contribution in [0.15, 0.2) is 76.5 Å². The third kappa shape index (κ3) is 32.9. The van der Waals surface area contributed by atoms with Crippen molar-refractivity contribution < 1.29 is 120 Å². The molecule has 0 spiro atoms. The number of nitrogens with one attached hydrogen (secondary N) is 3. The molecule has 0 unspecified atom stereocenters. The topological polar surface area (TPSA) is 504 Å². The van der Waals surface area contributed by atoms with Crippen molar-refractivity contribution in [3.63, 3.8) is 0 Å². The molecule has 15 atom stereocenters. The first-order valence-electron chi connectivity index (χ1n) is 43.8. The number of piperidine rings is 1. The monoisotopic (exact) mass is 1760 g/mol. The van der Waals surface area contributed by atoms with Crippen LogP contribution in [0.25, 0.3) is 33.4 Å². The minimum Gasteiger partial charge on any atom is -0.459 e. The summed E-state index contributed by atoms with van der Waals surface area (Å²) in [6, 6.07) is 3.28. The van der Waals surface area contributed by atoms with E-state index in [-0.39, 0.29) is 113 Å². The molecule has 4 aromatic rings. The van der Waals surface area contributed by atoms with Crippen molar-refractivity contribution in [2.45, 2.75) is 211 Å². The number of hydrogen-bond acceptors (Lipinski definition) is 32. The molecule has 696 valence electrons. The van der Waals surface area contributed by atoms with E-state index in [1.165, 1.54) is 26.4 Å². The van der Waals surface area contributed by atoms with Gasteiger partial charge in [0.1, 0.15) is 59.6 Å². The number of carbonyl (C=O) groups excluding carboxylic acids is 8. The number of nitrogens with two attached hydrogens (primary N) is 3. The Morgan fingerprint density at radius 3 is 1.96 bits per heavy atom. The number of ketones is 3. The number of methoxy groups -OCH3 is 2. The van der Waals surface area contributed by atoms with Gasteiger partial charge in [-0.2, -0.15) is 10.1 Å². The number of nitrogens with zero attached hydrogens (tertiary/aromatic N) is 6. The predicted octanol–water partition coefficient (Wildman–Crippen LogP) is 5.69. The summed E-state index contributed by atoms with van der Waals surface area (Å²) in [4.78, 5) is 123. The summed E-state index contributed by atoms with van der Waals surface area (Å²) in [7, 11) is 3.05. The standard InChI is InChI=1S/C88H134N12O25/c1-56-16-10-9-11-17-57(2)71(112-7)53-64-22-19-61(6)88(111,125-64)81(107)84(108)99-30-14-12-18-67(99)85(109)122-72(54-68(101)58(3)49-60(5)79(105)80(106)78(104)59(4)48-56)65(89)50-62-20-23-70(73(51-62)113-8)124-87(110)94-29-35-117-39-43-121-47-45-119-41-37-115-33-26-75(103)93-28-34-116-38-42-120-46-44-118-40-36-114-32-25-74(102)92-27-13-15-31-100-83-76(82(90)95-55-96-83)77(98-100)63-21-24-69-66(52-63)97-86(91)123-69/h9-11,16-17,21,24,49,52,55-56,58-59,61-62,64-65,67,70-73,79-80,105-106,111H,12-15,18-20,22-23,25-48,50-51,53-54,89H2,1-8H3,(H2,91,97)(H,92,102)(H,93,103)(H,94,110)(H2,90,95,96)/b11-9?,16-10+,57-17?,60-49+/t56-,58-,59-,61-,62+,64+,65-,67+,70-,71+,72+,73-,79-,80+,88-/m1/s1. The van der Waals surface area contributed by atoms with Gasteiger partial charge in [0, 0.05) is 102 Å². The van der Waals surface area contributed by atoms with Gasteiger partial charge in [-0.25, -0.2) is 24.2 Å². The van der Waals surface area contributed by atoms with Gasteiger partial charge >= 0.3 is 12.1 Å². The highest BCUT2D eigenvalue weighted by Crippen LogP contribution is 2.39. The smallest absolute Gasteiger partial charge is 0.407 e. The number of fused-ring (bicyclic) bond motifs is 5. The number of Topliss-reactive ketones (excluding diaryl/α,β-unsaturated/α-hetero) is 3. The maximum absolute atomic E-state index is 14.6. The van der Waals surface area contributed by atoms with Crippen LogP contribution in [0.5, 0.6) is 0 Å². The van der Waals surface area contributed by atoms with Crippen molar-refractivity contribution in [3.8, 4) is 11.3 Å². The van der Waals surface area contributed by atoms with E-state index in [0.29, 0.717) is 177 Å². The first-order valence-corrected chi connectivity index (χ1v) is 43.8. The van der Waals surface area contributed by atoms with Gasteiger partial charge in [0.15, 0.2) is 17.0 Å². The molecule has 2 saturated heterocycles. The Labute approximate surface area is 730 Å². The fourth-order valence-electron chi connectivity index (χ4n) is 15.6. The van der Waals surface area contributed by atoms with Crippen LogP contribution in [0.1, 0.15) is 144 Å². The summed E-state index contributed by atoms with van der Waals surface area (Å²) in [5.41, 5.74) is 23.2. The first-order chi connectivity index (χ1) is 60.2. The van der Waals surface area contributed by atoms with Crippen LogP contribution in [0.4, 0.5) is 16.6 Å². The molecule has 125 heavy (non-hydrogen) atoms. The number of amides is 4. The highest BCUT2D eigenvalue weighted by Gasteiger charge is 2.53. The summed E-state index contributed by atoms with van der Waals surface area (Å²) in [5, 5.41) is 48.4. The van der Waals surface area contributed by atoms with Crippen molar-refractivity contribution in [1.82, 2.24) is 45.6 Å². The molecular formula is C88H134N12O25. The molecule has 4 aliphatic rings. The fraction of sp³-hybridized carbons (Fsp3) is 0.682. The Morgan fingerprint density at radius 2 is 1.31 bits per heavy atom. The number of alkyl carbamates (subject to hydrolysis) is 1. The van der Waals surface area contributed by atoms with Gasteiger partial charge in [0.05, 0.1) is 129 Å². The Hall–Kier alpha value is -8.64. The summed E-state index contributed by atoms with van der Waals surface area (Å²) in [5.74, 6) is -9.31. The maximum atomic E-state index is 14.6. The Morgan fingerprint density at radius 1 is 0.680 bits per heavy atom. The third-order valence-corrected chi connectivity index (χ3v) is 22.8. The number of ether oxygens (including phenoxy) is 13. The molecule has 1 aromatic carbocycles. The second-order valence-electron chi connectivity index (χ2n) is 32.4. The SMILES string of the molecule is CO[C@H]1C[C@@H]2CC[C@@H](C)[C@@](O)(O2)C(=O)C(=O)N2CCCC[C@H]2C(=O)O[C@H]([C@H](N)C[C@@H]2CC[C@@H](OC(=O)NCCOCCOCCOCCOCCC(=O)NCCOCCOCCOCCOCCC(=O)NCCCCn3nc(-c4ccc5oc(N)nc5c4)c4c(N)ncnc43)[C@H](OC)C2)CC(=O)[C@H](C)/C=C(\C)[C@@H](O)[C@@H](O)C(=O)[C@H](C)C[C@H](C)/C=C/C=CC=C1C. The molecule has 6 heterocycles.